The molecule has 0 saturated heterocycles. The molecular weight excluding hydrogens is 219 g/mol. The summed E-state index contributed by atoms with van der Waals surface area (Å²) >= 11 is 0. The Balaban J connectivity index is 2.63. The molecule has 2 nitrogen and oxygen atoms in total. The first-order valence-corrected chi connectivity index (χ1v) is 4.92. The van der Waals surface area contributed by atoms with Gasteiger partial charge in [-0.25, -0.2) is 0 Å². The average molecular weight is 233 g/mol. The lowest BCUT2D eigenvalue weighted by molar-refractivity contribution is -0.139. The van der Waals surface area contributed by atoms with Gasteiger partial charge in [0.25, 0.3) is 0 Å². The highest BCUT2D eigenvalue weighted by Gasteiger charge is 2.31. The van der Waals surface area contributed by atoms with Crippen molar-refractivity contribution in [3.05, 3.63) is 29.8 Å². The molecule has 2 N–H and O–H groups in total. The number of alkyl halides is 3. The predicted octanol–water partition coefficient (Wildman–Crippen LogP) is 2.48. The topological polar surface area (TPSA) is 32.3 Å². The van der Waals surface area contributed by atoms with Crippen molar-refractivity contribution in [2.75, 3.05) is 7.05 Å². The predicted molar refractivity (Wildman–Crippen MR) is 55.3 cm³/mol. The molecule has 0 bridgehead atoms. The number of phenolic OH excluding ortho intramolecular Hbond substituents is 1. The highest BCUT2D eigenvalue weighted by Crippen LogP contribution is 2.23. The summed E-state index contributed by atoms with van der Waals surface area (Å²) in [5, 5.41) is 11.8. The van der Waals surface area contributed by atoms with E-state index < -0.39 is 18.6 Å². The van der Waals surface area contributed by atoms with Gasteiger partial charge < -0.3 is 10.4 Å². The van der Waals surface area contributed by atoms with Gasteiger partial charge in [-0.3, -0.25) is 0 Å². The Hall–Kier alpha value is -1.23. The molecule has 0 aliphatic carbocycles. The van der Waals surface area contributed by atoms with Crippen molar-refractivity contribution in [2.45, 2.75) is 25.1 Å². The Bertz CT molecular complexity index is 338. The number of hydrogen-bond acceptors (Lipinski definition) is 2. The van der Waals surface area contributed by atoms with Crippen molar-refractivity contribution >= 4 is 0 Å². The third-order valence-corrected chi connectivity index (χ3v) is 2.28. The van der Waals surface area contributed by atoms with E-state index in [1.807, 2.05) is 0 Å². The molecule has 0 aliphatic rings. The summed E-state index contributed by atoms with van der Waals surface area (Å²) in [5.74, 6) is 0.0689. The molecule has 5 heteroatoms. The first-order valence-electron chi connectivity index (χ1n) is 4.92. The van der Waals surface area contributed by atoms with Crippen LogP contribution >= 0.6 is 0 Å². The van der Waals surface area contributed by atoms with Gasteiger partial charge in [-0.2, -0.15) is 13.2 Å². The molecule has 1 aromatic carbocycles. The first-order chi connectivity index (χ1) is 7.40. The van der Waals surface area contributed by atoms with E-state index in [0.29, 0.717) is 5.56 Å². The minimum absolute atomic E-state index is 0.0689. The quantitative estimate of drug-likeness (QED) is 0.837. The summed E-state index contributed by atoms with van der Waals surface area (Å²) < 4.78 is 36.6. The van der Waals surface area contributed by atoms with Crippen LogP contribution < -0.4 is 5.32 Å². The molecule has 0 saturated carbocycles. The second-order valence-corrected chi connectivity index (χ2v) is 3.68. The van der Waals surface area contributed by atoms with E-state index in [2.05, 4.69) is 5.32 Å². The maximum atomic E-state index is 12.2. The molecule has 0 fully saturated rings. The number of rotatable bonds is 4. The Morgan fingerprint density at radius 2 is 2.06 bits per heavy atom. The van der Waals surface area contributed by atoms with Crippen LogP contribution in [0.25, 0.3) is 0 Å². The second kappa shape index (κ2) is 5.21. The molecule has 0 radical (unpaired) electrons. The maximum Gasteiger partial charge on any atom is 0.390 e. The van der Waals surface area contributed by atoms with E-state index in [1.54, 1.807) is 12.1 Å². The number of aromatic hydroxyl groups is 1. The Morgan fingerprint density at radius 1 is 1.38 bits per heavy atom. The zero-order valence-electron chi connectivity index (χ0n) is 8.88. The van der Waals surface area contributed by atoms with E-state index in [1.165, 1.54) is 19.2 Å². The molecule has 1 aromatic rings. The molecule has 0 amide bonds. The number of benzene rings is 1. The average Bonchev–Trinajstić information content (AvgIpc) is 2.14. The first kappa shape index (κ1) is 12.8. The van der Waals surface area contributed by atoms with Crippen molar-refractivity contribution in [2.24, 2.45) is 0 Å². The van der Waals surface area contributed by atoms with Crippen molar-refractivity contribution in [3.63, 3.8) is 0 Å². The summed E-state index contributed by atoms with van der Waals surface area (Å²) in [7, 11) is 1.50. The highest BCUT2D eigenvalue weighted by molar-refractivity contribution is 5.27. The van der Waals surface area contributed by atoms with Gasteiger partial charge in [-0.1, -0.05) is 12.1 Å². The summed E-state index contributed by atoms with van der Waals surface area (Å²) in [4.78, 5) is 0. The minimum Gasteiger partial charge on any atom is -0.508 e. The van der Waals surface area contributed by atoms with Crippen LogP contribution in [0.15, 0.2) is 24.3 Å². The number of likely N-dealkylation sites (N-methyl/N-ethyl adjacent to an activating group) is 1. The van der Waals surface area contributed by atoms with Crippen LogP contribution in [-0.2, 0) is 6.42 Å². The molecule has 16 heavy (non-hydrogen) atoms. The SMILES string of the molecule is CNC(Cc1cccc(O)c1)CC(F)(F)F. The summed E-state index contributed by atoms with van der Waals surface area (Å²) in [5.41, 5.74) is 0.684. The summed E-state index contributed by atoms with van der Waals surface area (Å²) in [6.45, 7) is 0. The lowest BCUT2D eigenvalue weighted by Gasteiger charge is -2.18. The van der Waals surface area contributed by atoms with Gasteiger partial charge in [-0.05, 0) is 31.2 Å². The summed E-state index contributed by atoms with van der Waals surface area (Å²) in [6, 6.07) is 5.61. The van der Waals surface area contributed by atoms with Crippen LogP contribution in [0, 0.1) is 0 Å². The van der Waals surface area contributed by atoms with Gasteiger partial charge in [0.05, 0.1) is 6.42 Å². The fourth-order valence-electron chi connectivity index (χ4n) is 1.52. The molecule has 0 heterocycles. The van der Waals surface area contributed by atoms with Crippen LogP contribution in [-0.4, -0.2) is 24.4 Å². The zero-order chi connectivity index (χ0) is 12.2. The maximum absolute atomic E-state index is 12.2. The Morgan fingerprint density at radius 3 is 2.56 bits per heavy atom. The molecule has 1 atom stereocenters. The molecule has 0 aliphatic heterocycles. The zero-order valence-corrected chi connectivity index (χ0v) is 8.88. The van der Waals surface area contributed by atoms with Gasteiger partial charge in [-0.15, -0.1) is 0 Å². The molecule has 90 valence electrons. The minimum atomic E-state index is -4.18. The normalized spacial score (nSPS) is 13.8. The van der Waals surface area contributed by atoms with Gasteiger partial charge >= 0.3 is 6.18 Å². The van der Waals surface area contributed by atoms with Crippen LogP contribution in [0.3, 0.4) is 0 Å². The smallest absolute Gasteiger partial charge is 0.390 e. The summed E-state index contributed by atoms with van der Waals surface area (Å²) in [6.07, 6.45) is -4.81. The van der Waals surface area contributed by atoms with E-state index >= 15 is 0 Å². The van der Waals surface area contributed by atoms with Crippen LogP contribution in [0.4, 0.5) is 13.2 Å². The lowest BCUT2D eigenvalue weighted by Crippen LogP contribution is -2.32. The van der Waals surface area contributed by atoms with Gasteiger partial charge in [0.15, 0.2) is 0 Å². The lowest BCUT2D eigenvalue weighted by atomic mass is 10.0. The number of nitrogens with one attached hydrogen (secondary N) is 1. The van der Waals surface area contributed by atoms with Crippen LogP contribution in [0.1, 0.15) is 12.0 Å². The van der Waals surface area contributed by atoms with E-state index in [4.69, 9.17) is 0 Å². The van der Waals surface area contributed by atoms with Gasteiger partial charge in [0, 0.05) is 6.04 Å². The number of hydrogen-bond donors (Lipinski definition) is 2. The molecule has 1 unspecified atom stereocenters. The van der Waals surface area contributed by atoms with Crippen molar-refractivity contribution in [3.8, 4) is 5.75 Å². The Labute approximate surface area is 92.1 Å². The third-order valence-electron chi connectivity index (χ3n) is 2.28. The number of phenols is 1. The van der Waals surface area contributed by atoms with Gasteiger partial charge in [0.2, 0.25) is 0 Å². The third kappa shape index (κ3) is 4.53. The molecule has 0 spiro atoms. The monoisotopic (exact) mass is 233 g/mol. The largest absolute Gasteiger partial charge is 0.508 e. The van der Waals surface area contributed by atoms with Crippen molar-refractivity contribution in [1.29, 1.82) is 0 Å². The highest BCUT2D eigenvalue weighted by atomic mass is 19.4. The van der Waals surface area contributed by atoms with Crippen molar-refractivity contribution in [1.82, 2.24) is 5.32 Å². The van der Waals surface area contributed by atoms with E-state index in [0.717, 1.165) is 0 Å². The second-order valence-electron chi connectivity index (χ2n) is 3.68. The Kier molecular flexibility index (Phi) is 4.18. The molecular formula is C11H14F3NO. The standard InChI is InChI=1S/C11H14F3NO/c1-15-9(7-11(12,13)14)5-8-3-2-4-10(16)6-8/h2-4,6,9,15-16H,5,7H2,1H3. The van der Waals surface area contributed by atoms with Crippen LogP contribution in [0.2, 0.25) is 0 Å². The molecule has 1 rings (SSSR count). The fourth-order valence-corrected chi connectivity index (χ4v) is 1.52. The molecule has 0 aromatic heterocycles. The number of halogens is 3. The fraction of sp³-hybridized carbons (Fsp3) is 0.455. The van der Waals surface area contributed by atoms with E-state index in [-0.39, 0.29) is 12.2 Å². The van der Waals surface area contributed by atoms with Crippen LogP contribution in [0.5, 0.6) is 5.75 Å². The van der Waals surface area contributed by atoms with Gasteiger partial charge in [0.1, 0.15) is 5.75 Å². The van der Waals surface area contributed by atoms with E-state index in [9.17, 15) is 18.3 Å². The van der Waals surface area contributed by atoms with Crippen molar-refractivity contribution < 1.29 is 18.3 Å².